The van der Waals surface area contributed by atoms with Crippen LogP contribution in [0.5, 0.6) is 0 Å². The molecule has 0 bridgehead atoms. The quantitative estimate of drug-likeness (QED) is 0.671. The van der Waals surface area contributed by atoms with E-state index in [1.54, 1.807) is 0 Å². The van der Waals surface area contributed by atoms with E-state index < -0.39 is 0 Å². The summed E-state index contributed by atoms with van der Waals surface area (Å²) in [6.45, 7) is 4.59. The first-order chi connectivity index (χ1) is 6.65. The summed E-state index contributed by atoms with van der Waals surface area (Å²) in [5.74, 6) is 0.851. The minimum absolute atomic E-state index is 0.217. The maximum Gasteiger partial charge on any atom is 0.223 e. The van der Waals surface area contributed by atoms with Gasteiger partial charge < -0.3 is 4.90 Å². The van der Waals surface area contributed by atoms with E-state index in [1.165, 1.54) is 12.8 Å². The van der Waals surface area contributed by atoms with Gasteiger partial charge in [0.1, 0.15) is 0 Å². The number of hydrogen-bond donors (Lipinski definition) is 0. The second-order valence-electron chi connectivity index (χ2n) is 4.24. The molecule has 3 nitrogen and oxygen atoms in total. The summed E-state index contributed by atoms with van der Waals surface area (Å²) in [5.41, 5.74) is 0. The Morgan fingerprint density at radius 1 is 1.57 bits per heavy atom. The summed E-state index contributed by atoms with van der Waals surface area (Å²) in [5, 5.41) is 8.48. The maximum absolute atomic E-state index is 11.8. The number of nitriles is 1. The van der Waals surface area contributed by atoms with Crippen LogP contribution >= 0.6 is 0 Å². The maximum atomic E-state index is 11.8. The van der Waals surface area contributed by atoms with Crippen LogP contribution < -0.4 is 0 Å². The molecule has 0 aromatic rings. The van der Waals surface area contributed by atoms with Crippen molar-refractivity contribution in [1.82, 2.24) is 4.90 Å². The van der Waals surface area contributed by atoms with Crippen molar-refractivity contribution in [1.29, 1.82) is 5.26 Å². The van der Waals surface area contributed by atoms with Gasteiger partial charge in [0.15, 0.2) is 0 Å². The third-order valence-electron chi connectivity index (χ3n) is 2.57. The number of carbonyl (C=O) groups excluding carboxylic acids is 1. The fourth-order valence-electron chi connectivity index (χ4n) is 1.53. The molecule has 1 fully saturated rings. The number of hydrogen-bond acceptors (Lipinski definition) is 2. The van der Waals surface area contributed by atoms with E-state index in [9.17, 15) is 4.79 Å². The first kappa shape index (κ1) is 11.0. The van der Waals surface area contributed by atoms with Crippen LogP contribution in [-0.2, 0) is 4.79 Å². The molecule has 3 heteroatoms. The Morgan fingerprint density at radius 3 is 2.64 bits per heavy atom. The van der Waals surface area contributed by atoms with E-state index in [0.717, 1.165) is 0 Å². The van der Waals surface area contributed by atoms with Crippen LogP contribution in [0.25, 0.3) is 0 Å². The number of rotatable bonds is 5. The van der Waals surface area contributed by atoms with Crippen molar-refractivity contribution in [3.8, 4) is 6.07 Å². The monoisotopic (exact) mass is 194 g/mol. The fourth-order valence-corrected chi connectivity index (χ4v) is 1.53. The van der Waals surface area contributed by atoms with Gasteiger partial charge in [0, 0.05) is 19.0 Å². The van der Waals surface area contributed by atoms with Crippen molar-refractivity contribution >= 4 is 5.91 Å². The van der Waals surface area contributed by atoms with Gasteiger partial charge in [0.2, 0.25) is 5.91 Å². The molecule has 1 rings (SSSR count). The largest absolute Gasteiger partial charge is 0.339 e. The Balaban J connectivity index is 2.39. The van der Waals surface area contributed by atoms with Gasteiger partial charge in [-0.3, -0.25) is 4.79 Å². The van der Waals surface area contributed by atoms with Gasteiger partial charge in [-0.1, -0.05) is 0 Å². The third kappa shape index (κ3) is 3.37. The normalized spacial score (nSPS) is 15.3. The second kappa shape index (κ2) is 4.99. The lowest BCUT2D eigenvalue weighted by Gasteiger charge is -2.25. The molecule has 0 saturated heterocycles. The topological polar surface area (TPSA) is 44.1 Å². The first-order valence-corrected chi connectivity index (χ1v) is 5.31. The van der Waals surface area contributed by atoms with Crippen LogP contribution in [0.2, 0.25) is 0 Å². The van der Waals surface area contributed by atoms with Crippen LogP contribution in [0.15, 0.2) is 0 Å². The van der Waals surface area contributed by atoms with Crippen LogP contribution in [0, 0.1) is 17.2 Å². The molecular weight excluding hydrogens is 176 g/mol. The van der Waals surface area contributed by atoms with Crippen LogP contribution in [0.3, 0.4) is 0 Å². The number of nitrogens with zero attached hydrogens (tertiary/aromatic N) is 2. The first-order valence-electron chi connectivity index (χ1n) is 5.31. The molecule has 0 aromatic heterocycles. The van der Waals surface area contributed by atoms with Gasteiger partial charge in [0.05, 0.1) is 12.5 Å². The smallest absolute Gasteiger partial charge is 0.223 e. The molecule has 1 aliphatic carbocycles. The van der Waals surface area contributed by atoms with E-state index in [-0.39, 0.29) is 11.9 Å². The average Bonchev–Trinajstić information content (AvgIpc) is 2.88. The SMILES string of the molecule is CC(C)N(CCC#N)C(=O)CC1CC1. The van der Waals surface area contributed by atoms with Gasteiger partial charge in [-0.2, -0.15) is 5.26 Å². The Kier molecular flexibility index (Phi) is 3.94. The van der Waals surface area contributed by atoms with Crippen molar-refractivity contribution in [2.24, 2.45) is 5.92 Å². The molecule has 1 saturated carbocycles. The predicted octanol–water partition coefficient (Wildman–Crippen LogP) is 1.94. The van der Waals surface area contributed by atoms with Crippen molar-refractivity contribution in [3.63, 3.8) is 0 Å². The standard InChI is InChI=1S/C11H18N2O/c1-9(2)13(7-3-6-12)11(14)8-10-4-5-10/h9-10H,3-5,7-8H2,1-2H3. The van der Waals surface area contributed by atoms with E-state index in [4.69, 9.17) is 5.26 Å². The highest BCUT2D eigenvalue weighted by atomic mass is 16.2. The zero-order chi connectivity index (χ0) is 10.6. The van der Waals surface area contributed by atoms with Gasteiger partial charge in [-0.25, -0.2) is 0 Å². The zero-order valence-corrected chi connectivity index (χ0v) is 8.99. The zero-order valence-electron chi connectivity index (χ0n) is 8.99. The summed E-state index contributed by atoms with van der Waals surface area (Å²) in [7, 11) is 0. The molecule has 0 spiro atoms. The summed E-state index contributed by atoms with van der Waals surface area (Å²) in [6.07, 6.45) is 3.53. The Hall–Kier alpha value is -1.04. The predicted molar refractivity (Wildman–Crippen MR) is 54.4 cm³/mol. The average molecular weight is 194 g/mol. The highest BCUT2D eigenvalue weighted by Gasteiger charge is 2.27. The summed E-state index contributed by atoms with van der Waals surface area (Å²) < 4.78 is 0. The third-order valence-corrected chi connectivity index (χ3v) is 2.57. The van der Waals surface area contributed by atoms with Gasteiger partial charge >= 0.3 is 0 Å². The molecule has 0 N–H and O–H groups in total. The molecule has 0 unspecified atom stereocenters. The lowest BCUT2D eigenvalue weighted by molar-refractivity contribution is -0.133. The molecule has 0 aromatic carbocycles. The van der Waals surface area contributed by atoms with Crippen molar-refractivity contribution < 1.29 is 4.79 Å². The Bertz CT molecular complexity index is 238. The second-order valence-corrected chi connectivity index (χ2v) is 4.24. The van der Waals surface area contributed by atoms with E-state index in [0.29, 0.717) is 25.3 Å². The van der Waals surface area contributed by atoms with Gasteiger partial charge in [0.25, 0.3) is 0 Å². The summed E-state index contributed by atoms with van der Waals surface area (Å²) >= 11 is 0. The fraction of sp³-hybridized carbons (Fsp3) is 0.818. The molecule has 0 aliphatic heterocycles. The minimum atomic E-state index is 0.217. The summed E-state index contributed by atoms with van der Waals surface area (Å²) in [4.78, 5) is 13.6. The van der Waals surface area contributed by atoms with Crippen LogP contribution in [0.4, 0.5) is 0 Å². The molecule has 0 radical (unpaired) electrons. The highest BCUT2D eigenvalue weighted by Crippen LogP contribution is 2.33. The van der Waals surface area contributed by atoms with E-state index in [1.807, 2.05) is 18.7 Å². The summed E-state index contributed by atoms with van der Waals surface area (Å²) in [6, 6.07) is 2.30. The molecule has 14 heavy (non-hydrogen) atoms. The minimum Gasteiger partial charge on any atom is -0.339 e. The van der Waals surface area contributed by atoms with Crippen LogP contribution in [-0.4, -0.2) is 23.4 Å². The van der Waals surface area contributed by atoms with Gasteiger partial charge in [-0.15, -0.1) is 0 Å². The Morgan fingerprint density at radius 2 is 2.21 bits per heavy atom. The van der Waals surface area contributed by atoms with Gasteiger partial charge in [-0.05, 0) is 32.6 Å². The van der Waals surface area contributed by atoms with E-state index in [2.05, 4.69) is 6.07 Å². The molecule has 1 amide bonds. The number of amides is 1. The molecular formula is C11H18N2O. The molecule has 0 heterocycles. The number of carbonyl (C=O) groups is 1. The lowest BCUT2D eigenvalue weighted by Crippen LogP contribution is -2.37. The molecule has 0 atom stereocenters. The van der Waals surface area contributed by atoms with Crippen molar-refractivity contribution in [2.75, 3.05) is 6.54 Å². The van der Waals surface area contributed by atoms with E-state index >= 15 is 0 Å². The highest BCUT2D eigenvalue weighted by molar-refractivity contribution is 5.77. The van der Waals surface area contributed by atoms with Crippen molar-refractivity contribution in [2.45, 2.75) is 45.6 Å². The van der Waals surface area contributed by atoms with Crippen LogP contribution in [0.1, 0.15) is 39.5 Å². The Labute approximate surface area is 85.7 Å². The van der Waals surface area contributed by atoms with Crippen molar-refractivity contribution in [3.05, 3.63) is 0 Å². The molecule has 1 aliphatic rings. The lowest BCUT2D eigenvalue weighted by atomic mass is 10.2. The molecule has 78 valence electrons.